The molecule has 2 aromatic heterocycles. The molecule has 0 atom stereocenters. The molecule has 0 aliphatic carbocycles. The van der Waals surface area contributed by atoms with E-state index in [4.69, 9.17) is 0 Å². The summed E-state index contributed by atoms with van der Waals surface area (Å²) in [5, 5.41) is 2.03. The van der Waals surface area contributed by atoms with Gasteiger partial charge in [-0.1, -0.05) is 36.4 Å². The number of rotatable bonds is 6. The van der Waals surface area contributed by atoms with Crippen molar-refractivity contribution in [2.45, 2.75) is 13.0 Å². The summed E-state index contributed by atoms with van der Waals surface area (Å²) in [4.78, 5) is 22.5. The van der Waals surface area contributed by atoms with Gasteiger partial charge >= 0.3 is 0 Å². The largest absolute Gasteiger partial charge is 0.340 e. The van der Waals surface area contributed by atoms with Gasteiger partial charge in [0.25, 0.3) is 0 Å². The number of benzene rings is 1. The van der Waals surface area contributed by atoms with Crippen LogP contribution in [-0.4, -0.2) is 58.0 Å². The first-order valence-corrected chi connectivity index (χ1v) is 10.3. The van der Waals surface area contributed by atoms with Crippen LogP contribution in [-0.2, 0) is 17.8 Å². The van der Waals surface area contributed by atoms with Crippen LogP contribution in [0.5, 0.6) is 0 Å². The van der Waals surface area contributed by atoms with Gasteiger partial charge in [0.1, 0.15) is 5.82 Å². The maximum atomic E-state index is 12.4. The molecule has 1 aromatic carbocycles. The van der Waals surface area contributed by atoms with E-state index in [0.29, 0.717) is 6.42 Å². The topological polar surface area (TPSA) is 41.4 Å². The van der Waals surface area contributed by atoms with Crippen LogP contribution in [0.1, 0.15) is 4.88 Å². The predicted octanol–water partition coefficient (Wildman–Crippen LogP) is 3.00. The smallest absolute Gasteiger partial charge is 0.227 e. The summed E-state index contributed by atoms with van der Waals surface area (Å²) in [6.45, 7) is 5.40. The molecule has 27 heavy (non-hydrogen) atoms. The number of amides is 1. The van der Waals surface area contributed by atoms with E-state index in [1.54, 1.807) is 11.3 Å². The SMILES string of the molecule is O=C(Cc1cccs1)N1CCN(CCn2ccnc2-c2ccccc2)CC1. The molecule has 0 bridgehead atoms. The first-order chi connectivity index (χ1) is 13.3. The number of aromatic nitrogens is 2. The fourth-order valence-electron chi connectivity index (χ4n) is 3.48. The highest BCUT2D eigenvalue weighted by Crippen LogP contribution is 2.17. The van der Waals surface area contributed by atoms with Crippen LogP contribution in [0.2, 0.25) is 0 Å². The van der Waals surface area contributed by atoms with E-state index in [1.807, 2.05) is 53.0 Å². The van der Waals surface area contributed by atoms with E-state index >= 15 is 0 Å². The molecule has 3 heterocycles. The third kappa shape index (κ3) is 4.46. The number of hydrogen-bond acceptors (Lipinski definition) is 4. The Balaban J connectivity index is 1.27. The number of imidazole rings is 1. The average molecular weight is 381 g/mol. The van der Waals surface area contributed by atoms with Crippen molar-refractivity contribution in [2.24, 2.45) is 0 Å². The van der Waals surface area contributed by atoms with Crippen molar-refractivity contribution >= 4 is 17.2 Å². The van der Waals surface area contributed by atoms with Crippen LogP contribution in [0.3, 0.4) is 0 Å². The van der Waals surface area contributed by atoms with Crippen molar-refractivity contribution < 1.29 is 4.79 Å². The van der Waals surface area contributed by atoms with Gasteiger partial charge in [-0.25, -0.2) is 4.98 Å². The van der Waals surface area contributed by atoms with Crippen molar-refractivity contribution in [3.63, 3.8) is 0 Å². The zero-order valence-corrected chi connectivity index (χ0v) is 16.1. The molecule has 0 spiro atoms. The van der Waals surface area contributed by atoms with Gasteiger partial charge in [0.2, 0.25) is 5.91 Å². The molecule has 0 unspecified atom stereocenters. The fourth-order valence-corrected chi connectivity index (χ4v) is 4.18. The summed E-state index contributed by atoms with van der Waals surface area (Å²) in [5.74, 6) is 1.26. The Morgan fingerprint density at radius 3 is 2.56 bits per heavy atom. The average Bonchev–Trinajstić information content (AvgIpc) is 3.39. The molecule has 0 N–H and O–H groups in total. The third-order valence-electron chi connectivity index (χ3n) is 5.04. The molecule has 1 fully saturated rings. The number of piperazine rings is 1. The second-order valence-electron chi connectivity index (χ2n) is 6.79. The number of thiophene rings is 1. The molecule has 1 aliphatic heterocycles. The Kier molecular flexibility index (Phi) is 5.65. The highest BCUT2D eigenvalue weighted by Gasteiger charge is 2.21. The Morgan fingerprint density at radius 2 is 1.81 bits per heavy atom. The zero-order chi connectivity index (χ0) is 18.5. The van der Waals surface area contributed by atoms with Crippen LogP contribution in [0, 0.1) is 0 Å². The van der Waals surface area contributed by atoms with Crippen LogP contribution in [0.25, 0.3) is 11.4 Å². The van der Waals surface area contributed by atoms with E-state index in [2.05, 4.69) is 26.6 Å². The minimum atomic E-state index is 0.248. The second-order valence-corrected chi connectivity index (χ2v) is 7.82. The molecule has 1 amide bonds. The second kappa shape index (κ2) is 8.50. The first kappa shape index (κ1) is 17.9. The normalized spacial score (nSPS) is 15.2. The number of hydrogen-bond donors (Lipinski definition) is 0. The molecule has 5 nitrogen and oxygen atoms in total. The van der Waals surface area contributed by atoms with Crippen LogP contribution >= 0.6 is 11.3 Å². The number of nitrogens with zero attached hydrogens (tertiary/aromatic N) is 4. The van der Waals surface area contributed by atoms with Gasteiger partial charge in [-0.15, -0.1) is 11.3 Å². The van der Waals surface area contributed by atoms with Gasteiger partial charge in [-0.05, 0) is 11.4 Å². The summed E-state index contributed by atoms with van der Waals surface area (Å²) in [6.07, 6.45) is 4.44. The molecule has 1 saturated heterocycles. The fraction of sp³-hybridized carbons (Fsp3) is 0.333. The van der Waals surface area contributed by atoms with E-state index in [0.717, 1.165) is 55.5 Å². The van der Waals surface area contributed by atoms with Crippen molar-refractivity contribution in [1.29, 1.82) is 0 Å². The summed E-state index contributed by atoms with van der Waals surface area (Å²) < 4.78 is 2.21. The van der Waals surface area contributed by atoms with Gasteiger partial charge in [-0.2, -0.15) is 0 Å². The Morgan fingerprint density at radius 1 is 1.00 bits per heavy atom. The molecule has 6 heteroatoms. The quantitative estimate of drug-likeness (QED) is 0.660. The molecule has 140 valence electrons. The summed E-state index contributed by atoms with van der Waals surface area (Å²) in [7, 11) is 0. The summed E-state index contributed by atoms with van der Waals surface area (Å²) in [5.41, 5.74) is 1.14. The maximum absolute atomic E-state index is 12.4. The van der Waals surface area contributed by atoms with Crippen molar-refractivity contribution in [3.05, 3.63) is 65.1 Å². The molecule has 3 aromatic rings. The third-order valence-corrected chi connectivity index (χ3v) is 5.91. The molecule has 0 radical (unpaired) electrons. The Hall–Kier alpha value is -2.44. The minimum Gasteiger partial charge on any atom is -0.340 e. The lowest BCUT2D eigenvalue weighted by Crippen LogP contribution is -2.49. The first-order valence-electron chi connectivity index (χ1n) is 9.39. The number of carbonyl (C=O) groups excluding carboxylic acids is 1. The monoisotopic (exact) mass is 380 g/mol. The van der Waals surface area contributed by atoms with Crippen molar-refractivity contribution in [1.82, 2.24) is 19.4 Å². The van der Waals surface area contributed by atoms with Gasteiger partial charge < -0.3 is 9.47 Å². The summed E-state index contributed by atoms with van der Waals surface area (Å²) >= 11 is 1.66. The van der Waals surface area contributed by atoms with E-state index in [-0.39, 0.29) is 5.91 Å². The van der Waals surface area contributed by atoms with Gasteiger partial charge in [0, 0.05) is 62.1 Å². The van der Waals surface area contributed by atoms with Gasteiger partial charge in [-0.3, -0.25) is 9.69 Å². The lowest BCUT2D eigenvalue weighted by atomic mass is 10.2. The van der Waals surface area contributed by atoms with Gasteiger partial charge in [0.15, 0.2) is 0 Å². The zero-order valence-electron chi connectivity index (χ0n) is 15.3. The molecule has 1 aliphatic rings. The van der Waals surface area contributed by atoms with E-state index < -0.39 is 0 Å². The van der Waals surface area contributed by atoms with Gasteiger partial charge in [0.05, 0.1) is 6.42 Å². The van der Waals surface area contributed by atoms with Crippen molar-refractivity contribution in [3.8, 4) is 11.4 Å². The summed E-state index contributed by atoms with van der Waals surface area (Å²) in [6, 6.07) is 14.3. The van der Waals surface area contributed by atoms with Crippen LogP contribution in [0.4, 0.5) is 0 Å². The minimum absolute atomic E-state index is 0.248. The highest BCUT2D eigenvalue weighted by molar-refractivity contribution is 7.10. The van der Waals surface area contributed by atoms with Crippen LogP contribution in [0.15, 0.2) is 60.2 Å². The number of carbonyl (C=O) groups is 1. The predicted molar refractivity (Wildman–Crippen MR) is 109 cm³/mol. The Labute approximate surface area is 163 Å². The molecular weight excluding hydrogens is 356 g/mol. The maximum Gasteiger partial charge on any atom is 0.227 e. The Bertz CT molecular complexity index is 851. The van der Waals surface area contributed by atoms with Crippen molar-refractivity contribution in [2.75, 3.05) is 32.7 Å². The standard InChI is InChI=1S/C21H24N4OS/c26-20(17-19-7-4-16-27-19)24-13-10-23(11-14-24)12-15-25-9-8-22-21(25)18-5-2-1-3-6-18/h1-9,16H,10-15,17H2. The van der Waals surface area contributed by atoms with E-state index in [1.165, 1.54) is 0 Å². The molecular formula is C21H24N4OS. The highest BCUT2D eigenvalue weighted by atomic mass is 32.1. The lowest BCUT2D eigenvalue weighted by Gasteiger charge is -2.34. The molecule has 0 saturated carbocycles. The van der Waals surface area contributed by atoms with Crippen LogP contribution < -0.4 is 0 Å². The van der Waals surface area contributed by atoms with E-state index in [9.17, 15) is 4.79 Å². The molecule has 4 rings (SSSR count). The lowest BCUT2D eigenvalue weighted by molar-refractivity contribution is -0.132.